The van der Waals surface area contributed by atoms with Crippen LogP contribution >= 0.6 is 0 Å². The smallest absolute Gasteiger partial charge is 0.343 e. The van der Waals surface area contributed by atoms with Gasteiger partial charge in [-0.2, -0.15) is 0 Å². The van der Waals surface area contributed by atoms with E-state index in [0.717, 1.165) is 6.07 Å². The van der Waals surface area contributed by atoms with Crippen molar-refractivity contribution in [1.29, 1.82) is 0 Å². The van der Waals surface area contributed by atoms with Crippen LogP contribution in [-0.2, 0) is 9.53 Å². The third-order valence-electron chi connectivity index (χ3n) is 3.32. The number of aromatic amines is 1. The molecular weight excluding hydrogens is 326 g/mol. The lowest BCUT2D eigenvalue weighted by molar-refractivity contribution is -0.142. The number of methoxy groups -OCH3 is 1. The third kappa shape index (κ3) is 4.81. The number of allylic oxidation sites excluding steroid dienone is 1. The zero-order valence-corrected chi connectivity index (χ0v) is 13.7. The highest BCUT2D eigenvalue weighted by molar-refractivity contribution is 6.07. The van der Waals surface area contributed by atoms with Crippen LogP contribution in [0.25, 0.3) is 6.08 Å². The molecule has 0 fully saturated rings. The van der Waals surface area contributed by atoms with Crippen molar-refractivity contribution in [2.45, 2.75) is 6.92 Å². The number of rotatable bonds is 6. The van der Waals surface area contributed by atoms with Crippen molar-refractivity contribution in [3.8, 4) is 11.6 Å². The monoisotopic (exact) mass is 343 g/mol. The Morgan fingerprint density at radius 3 is 2.72 bits per heavy atom. The third-order valence-corrected chi connectivity index (χ3v) is 3.32. The van der Waals surface area contributed by atoms with Gasteiger partial charge in [0.05, 0.1) is 12.7 Å². The molecule has 0 aliphatic heterocycles. The summed E-state index contributed by atoms with van der Waals surface area (Å²) in [7, 11) is 1.27. The average Bonchev–Trinajstić information content (AvgIpc) is 2.57. The van der Waals surface area contributed by atoms with Crippen LogP contribution in [0.3, 0.4) is 0 Å². The maximum atomic E-state index is 12.2. The Morgan fingerprint density at radius 1 is 1.28 bits per heavy atom. The van der Waals surface area contributed by atoms with E-state index in [4.69, 9.17) is 4.74 Å². The zero-order chi connectivity index (χ0) is 18.4. The van der Waals surface area contributed by atoms with E-state index >= 15 is 0 Å². The molecule has 2 rings (SSSR count). The molecule has 0 atom stereocenters. The average molecular weight is 343 g/mol. The number of pyridine rings is 1. The van der Waals surface area contributed by atoms with Gasteiger partial charge in [0.2, 0.25) is 0 Å². The van der Waals surface area contributed by atoms with Crippen molar-refractivity contribution in [2.75, 3.05) is 13.7 Å². The number of hydrogen-bond donors (Lipinski definition) is 2. The number of H-pyrrole nitrogens is 1. The summed E-state index contributed by atoms with van der Waals surface area (Å²) in [4.78, 5) is 37.7. The molecule has 1 aromatic heterocycles. The number of carbonyl (C=O) groups is 2. The van der Waals surface area contributed by atoms with Crippen LogP contribution in [0.4, 0.5) is 0 Å². The molecule has 1 aromatic carbocycles. The fourth-order valence-electron chi connectivity index (χ4n) is 2.14. The van der Waals surface area contributed by atoms with Gasteiger partial charge in [-0.05, 0) is 30.7 Å². The van der Waals surface area contributed by atoms with E-state index < -0.39 is 17.2 Å². The first-order valence-electron chi connectivity index (χ1n) is 7.35. The molecule has 0 saturated heterocycles. The van der Waals surface area contributed by atoms with Crippen LogP contribution in [0.1, 0.15) is 21.6 Å². The minimum atomic E-state index is -0.557. The highest BCUT2D eigenvalue weighted by Gasteiger charge is 2.12. The summed E-state index contributed by atoms with van der Waals surface area (Å²) in [5.41, 5.74) is 0.351. The van der Waals surface area contributed by atoms with Crippen molar-refractivity contribution >= 4 is 17.8 Å². The molecule has 2 aromatic rings. The van der Waals surface area contributed by atoms with Gasteiger partial charge in [-0.25, -0.2) is 4.79 Å². The van der Waals surface area contributed by atoms with Gasteiger partial charge in [0.15, 0.2) is 23.7 Å². The van der Waals surface area contributed by atoms with Crippen molar-refractivity contribution in [1.82, 2.24) is 4.98 Å². The quantitative estimate of drug-likeness (QED) is 0.471. The second-order valence-electron chi connectivity index (χ2n) is 5.15. The number of aryl methyl sites for hydroxylation is 1. The molecule has 0 aliphatic rings. The van der Waals surface area contributed by atoms with E-state index in [0.29, 0.717) is 11.3 Å². The maximum Gasteiger partial charge on any atom is 0.343 e. The van der Waals surface area contributed by atoms with Gasteiger partial charge in [0.25, 0.3) is 0 Å². The second-order valence-corrected chi connectivity index (χ2v) is 5.15. The van der Waals surface area contributed by atoms with Gasteiger partial charge in [-0.15, -0.1) is 0 Å². The number of nitrogens with one attached hydrogen (secondary N) is 1. The Hall–Kier alpha value is -3.35. The molecule has 0 aliphatic carbocycles. The van der Waals surface area contributed by atoms with E-state index in [1.54, 1.807) is 24.3 Å². The SMILES string of the molecule is COC(=O)COc1cccc(C=CC(=O)c2c(C)[nH]c(O)cc2=O)c1. The predicted molar refractivity (Wildman–Crippen MR) is 90.8 cm³/mol. The van der Waals surface area contributed by atoms with E-state index in [1.165, 1.54) is 26.2 Å². The van der Waals surface area contributed by atoms with Crippen LogP contribution in [0.2, 0.25) is 0 Å². The van der Waals surface area contributed by atoms with Crippen molar-refractivity contribution < 1.29 is 24.2 Å². The Morgan fingerprint density at radius 2 is 2.04 bits per heavy atom. The van der Waals surface area contributed by atoms with Gasteiger partial charge in [-0.3, -0.25) is 9.59 Å². The molecule has 130 valence electrons. The molecule has 7 nitrogen and oxygen atoms in total. The summed E-state index contributed by atoms with van der Waals surface area (Å²) in [5.74, 6) is -0.838. The van der Waals surface area contributed by atoms with Crippen LogP contribution in [-0.4, -0.2) is 35.6 Å². The number of hydrogen-bond acceptors (Lipinski definition) is 6. The first kappa shape index (κ1) is 18.0. The van der Waals surface area contributed by atoms with Crippen LogP contribution in [0.15, 0.2) is 41.2 Å². The summed E-state index contributed by atoms with van der Waals surface area (Å²) in [5, 5.41) is 9.31. The van der Waals surface area contributed by atoms with Gasteiger partial charge in [-0.1, -0.05) is 18.2 Å². The van der Waals surface area contributed by atoms with Crippen molar-refractivity contribution in [3.05, 3.63) is 63.5 Å². The number of ether oxygens (including phenoxy) is 2. The van der Waals surface area contributed by atoms with Gasteiger partial charge < -0.3 is 19.6 Å². The number of carbonyl (C=O) groups excluding carboxylic acids is 2. The highest BCUT2D eigenvalue weighted by Crippen LogP contribution is 2.15. The number of ketones is 1. The van der Waals surface area contributed by atoms with E-state index in [-0.39, 0.29) is 23.7 Å². The second kappa shape index (κ2) is 7.96. The van der Waals surface area contributed by atoms with Crippen LogP contribution in [0.5, 0.6) is 11.6 Å². The lowest BCUT2D eigenvalue weighted by Crippen LogP contribution is -2.15. The fourth-order valence-corrected chi connectivity index (χ4v) is 2.14. The van der Waals surface area contributed by atoms with Gasteiger partial charge >= 0.3 is 5.97 Å². The lowest BCUT2D eigenvalue weighted by Gasteiger charge is -2.05. The Kier molecular flexibility index (Phi) is 5.73. The maximum absolute atomic E-state index is 12.2. The molecule has 1 heterocycles. The van der Waals surface area contributed by atoms with Crippen LogP contribution in [0, 0.1) is 6.92 Å². The molecule has 0 radical (unpaired) electrons. The molecule has 2 N–H and O–H groups in total. The molecule has 7 heteroatoms. The van der Waals surface area contributed by atoms with Gasteiger partial charge in [0.1, 0.15) is 5.75 Å². The summed E-state index contributed by atoms with van der Waals surface area (Å²) in [6.07, 6.45) is 2.78. The first-order valence-corrected chi connectivity index (χ1v) is 7.35. The van der Waals surface area contributed by atoms with Crippen molar-refractivity contribution in [3.63, 3.8) is 0 Å². The molecule has 0 saturated carbocycles. The Balaban J connectivity index is 2.15. The van der Waals surface area contributed by atoms with E-state index in [1.807, 2.05) is 0 Å². The van der Waals surface area contributed by atoms with E-state index in [2.05, 4.69) is 9.72 Å². The standard InChI is InChI=1S/C18H17NO6/c1-11-18(15(21)9-16(22)19-11)14(20)7-6-12-4-3-5-13(8-12)25-10-17(23)24-2/h3-9H,10H2,1-2H3,(H2,19,21,22). The first-order chi connectivity index (χ1) is 11.9. The summed E-state index contributed by atoms with van der Waals surface area (Å²) in [6, 6.07) is 7.70. The minimum absolute atomic E-state index is 0.0351. The number of aromatic nitrogens is 1. The minimum Gasteiger partial charge on any atom is -0.494 e. The van der Waals surface area contributed by atoms with Gasteiger partial charge in [0, 0.05) is 11.8 Å². The zero-order valence-electron chi connectivity index (χ0n) is 13.7. The topological polar surface area (TPSA) is 106 Å². The largest absolute Gasteiger partial charge is 0.494 e. The Labute approximate surface area is 143 Å². The molecule has 0 unspecified atom stereocenters. The Bertz CT molecular complexity index is 881. The van der Waals surface area contributed by atoms with Crippen LogP contribution < -0.4 is 10.2 Å². The van der Waals surface area contributed by atoms with E-state index in [9.17, 15) is 19.5 Å². The predicted octanol–water partition coefficient (Wildman–Crippen LogP) is 1.84. The normalized spacial score (nSPS) is 10.6. The van der Waals surface area contributed by atoms with Crippen molar-refractivity contribution in [2.24, 2.45) is 0 Å². The summed E-state index contributed by atoms with van der Waals surface area (Å²) < 4.78 is 9.75. The molecular formula is C18H17NO6. The molecule has 0 bridgehead atoms. The number of aromatic hydroxyl groups is 1. The number of benzene rings is 1. The summed E-state index contributed by atoms with van der Waals surface area (Å²) in [6.45, 7) is 1.31. The molecule has 0 amide bonds. The highest BCUT2D eigenvalue weighted by atomic mass is 16.6. The summed E-state index contributed by atoms with van der Waals surface area (Å²) >= 11 is 0. The fraction of sp³-hybridized carbons (Fsp3) is 0.167. The number of esters is 1. The lowest BCUT2D eigenvalue weighted by atomic mass is 10.1. The molecule has 25 heavy (non-hydrogen) atoms. The molecule has 0 spiro atoms.